The predicted molar refractivity (Wildman–Crippen MR) is 56.8 cm³/mol. The first-order valence-electron chi connectivity index (χ1n) is 4.24. The van der Waals surface area contributed by atoms with Gasteiger partial charge in [-0.05, 0) is 0 Å². The van der Waals surface area contributed by atoms with Gasteiger partial charge < -0.3 is 0 Å². The van der Waals surface area contributed by atoms with E-state index in [0.717, 1.165) is 10.9 Å². The van der Waals surface area contributed by atoms with E-state index in [-0.39, 0.29) is 11.0 Å². The molecule has 88 valence electrons. The minimum atomic E-state index is -0.813. The Morgan fingerprint density at radius 2 is 1.94 bits per heavy atom. The quantitative estimate of drug-likeness (QED) is 0.593. The Morgan fingerprint density at radius 3 is 2.47 bits per heavy atom. The van der Waals surface area contributed by atoms with E-state index in [9.17, 15) is 20.2 Å². The number of aromatic nitrogens is 3. The number of halogens is 1. The number of benzene rings is 1. The molecule has 0 aliphatic rings. The van der Waals surface area contributed by atoms with Crippen molar-refractivity contribution in [2.24, 2.45) is 7.05 Å². The van der Waals surface area contributed by atoms with Crippen LogP contribution in [0.25, 0.3) is 11.0 Å². The first-order valence-corrected chi connectivity index (χ1v) is 4.62. The molecule has 0 saturated heterocycles. The summed E-state index contributed by atoms with van der Waals surface area (Å²) < 4.78 is 0. The van der Waals surface area contributed by atoms with Gasteiger partial charge in [0.2, 0.25) is 0 Å². The maximum absolute atomic E-state index is 10.8. The Morgan fingerprint density at radius 1 is 1.29 bits per heavy atom. The molecule has 9 nitrogen and oxygen atoms in total. The van der Waals surface area contributed by atoms with Crippen LogP contribution in [-0.2, 0) is 7.05 Å². The van der Waals surface area contributed by atoms with Gasteiger partial charge in [0.1, 0.15) is 5.52 Å². The zero-order valence-corrected chi connectivity index (χ0v) is 9.08. The van der Waals surface area contributed by atoms with Crippen LogP contribution in [0.5, 0.6) is 0 Å². The largest absolute Gasteiger partial charge is 0.324 e. The fourth-order valence-corrected chi connectivity index (χ4v) is 1.69. The highest BCUT2D eigenvalue weighted by Crippen LogP contribution is 2.38. The Bertz CT molecular complexity index is 651. The molecule has 0 atom stereocenters. The molecule has 17 heavy (non-hydrogen) atoms. The van der Waals surface area contributed by atoms with Crippen molar-refractivity contribution in [3.8, 4) is 0 Å². The first kappa shape index (κ1) is 11.2. The third-order valence-electron chi connectivity index (χ3n) is 2.05. The van der Waals surface area contributed by atoms with Crippen LogP contribution in [0.4, 0.5) is 11.4 Å². The molecular weight excluding hydrogens is 254 g/mol. The van der Waals surface area contributed by atoms with Crippen LogP contribution in [0.1, 0.15) is 0 Å². The summed E-state index contributed by atoms with van der Waals surface area (Å²) >= 11 is 5.63. The number of fused-ring (bicyclic) bond motifs is 1. The van der Waals surface area contributed by atoms with Crippen LogP contribution in [0, 0.1) is 20.2 Å². The lowest BCUT2D eigenvalue weighted by molar-refractivity contribution is -0.392. The van der Waals surface area contributed by atoms with E-state index < -0.39 is 26.2 Å². The highest BCUT2D eigenvalue weighted by Gasteiger charge is 2.30. The SMILES string of the molecule is Cn1nc2cc([N+](=O)[O-])c(Cl)c([N+](=O)[O-])c2n1. The number of rotatable bonds is 2. The number of nitrogens with zero attached hydrogens (tertiary/aromatic N) is 5. The van der Waals surface area contributed by atoms with Gasteiger partial charge in [0.05, 0.1) is 9.85 Å². The second-order valence-electron chi connectivity index (χ2n) is 3.13. The highest BCUT2D eigenvalue weighted by molar-refractivity contribution is 6.36. The van der Waals surface area contributed by atoms with Gasteiger partial charge >= 0.3 is 5.69 Å². The van der Waals surface area contributed by atoms with Crippen LogP contribution in [0.15, 0.2) is 6.07 Å². The molecule has 0 N–H and O–H groups in total. The average Bonchev–Trinajstić information content (AvgIpc) is 2.55. The molecule has 0 spiro atoms. The van der Waals surface area contributed by atoms with Crippen molar-refractivity contribution in [1.82, 2.24) is 15.0 Å². The second-order valence-corrected chi connectivity index (χ2v) is 3.51. The van der Waals surface area contributed by atoms with Gasteiger partial charge in [-0.25, -0.2) is 0 Å². The van der Waals surface area contributed by atoms with Crippen LogP contribution in [-0.4, -0.2) is 24.8 Å². The fraction of sp³-hybridized carbons (Fsp3) is 0.143. The molecule has 0 aliphatic carbocycles. The minimum absolute atomic E-state index is 0.0512. The molecule has 1 heterocycles. The molecule has 2 aromatic rings. The molecule has 2 rings (SSSR count). The van der Waals surface area contributed by atoms with E-state index in [1.54, 1.807) is 0 Å². The van der Waals surface area contributed by atoms with Gasteiger partial charge in [-0.3, -0.25) is 20.2 Å². The molecule has 0 unspecified atom stereocenters. The summed E-state index contributed by atoms with van der Waals surface area (Å²) in [5.74, 6) is 0. The third kappa shape index (κ3) is 1.65. The average molecular weight is 258 g/mol. The summed E-state index contributed by atoms with van der Waals surface area (Å²) in [5.41, 5.74) is -1.20. The monoisotopic (exact) mass is 257 g/mol. The Labute approximate surface area is 97.9 Å². The smallest absolute Gasteiger partial charge is 0.258 e. The van der Waals surface area contributed by atoms with E-state index in [1.165, 1.54) is 7.05 Å². The van der Waals surface area contributed by atoms with Gasteiger partial charge in [-0.15, -0.1) is 5.10 Å². The van der Waals surface area contributed by atoms with Crippen molar-refractivity contribution >= 4 is 34.0 Å². The summed E-state index contributed by atoms with van der Waals surface area (Å²) in [6.45, 7) is 0. The summed E-state index contributed by atoms with van der Waals surface area (Å²) in [6.07, 6.45) is 0. The second kappa shape index (κ2) is 3.63. The fourth-order valence-electron chi connectivity index (χ4n) is 1.41. The summed E-state index contributed by atoms with van der Waals surface area (Å²) in [5, 5.41) is 28.5. The summed E-state index contributed by atoms with van der Waals surface area (Å²) in [4.78, 5) is 21.0. The van der Waals surface area contributed by atoms with Crippen molar-refractivity contribution in [3.05, 3.63) is 31.3 Å². The molecular formula is C7H4ClN5O4. The zero-order valence-electron chi connectivity index (χ0n) is 8.32. The van der Waals surface area contributed by atoms with Gasteiger partial charge in [0.15, 0.2) is 10.5 Å². The van der Waals surface area contributed by atoms with E-state index >= 15 is 0 Å². The third-order valence-corrected chi connectivity index (χ3v) is 2.42. The molecule has 10 heteroatoms. The van der Waals surface area contributed by atoms with Gasteiger partial charge in [0, 0.05) is 13.1 Å². The van der Waals surface area contributed by atoms with E-state index in [1.807, 2.05) is 0 Å². The van der Waals surface area contributed by atoms with Crippen molar-refractivity contribution in [2.75, 3.05) is 0 Å². The number of hydrogen-bond donors (Lipinski definition) is 0. The minimum Gasteiger partial charge on any atom is -0.258 e. The van der Waals surface area contributed by atoms with Crippen LogP contribution in [0.2, 0.25) is 5.02 Å². The lowest BCUT2D eigenvalue weighted by Gasteiger charge is -1.96. The number of nitro benzene ring substituents is 2. The standard InChI is InChI=1S/C7H4ClN5O4/c1-11-9-3-2-4(12(14)15)5(8)7(13(16)17)6(3)10-11/h2H,1H3. The maximum atomic E-state index is 10.8. The topological polar surface area (TPSA) is 117 Å². The Balaban J connectivity index is 2.94. The predicted octanol–water partition coefficient (Wildman–Crippen LogP) is 1.44. The molecule has 1 aromatic heterocycles. The molecule has 0 aliphatic heterocycles. The van der Waals surface area contributed by atoms with E-state index in [2.05, 4.69) is 10.2 Å². The number of hydrogen-bond acceptors (Lipinski definition) is 6. The molecule has 0 fully saturated rings. The Hall–Kier alpha value is -2.29. The molecule has 0 saturated carbocycles. The maximum Gasteiger partial charge on any atom is 0.324 e. The molecule has 0 amide bonds. The van der Waals surface area contributed by atoms with Crippen LogP contribution >= 0.6 is 11.6 Å². The van der Waals surface area contributed by atoms with Crippen molar-refractivity contribution < 1.29 is 9.85 Å². The lowest BCUT2D eigenvalue weighted by atomic mass is 10.2. The molecule has 0 bridgehead atoms. The normalized spacial score (nSPS) is 10.7. The summed E-state index contributed by atoms with van der Waals surface area (Å²) in [7, 11) is 1.45. The van der Waals surface area contributed by atoms with Gasteiger partial charge in [0.25, 0.3) is 5.69 Å². The zero-order chi connectivity index (χ0) is 12.7. The highest BCUT2D eigenvalue weighted by atomic mass is 35.5. The first-order chi connectivity index (χ1) is 7.91. The molecule has 0 radical (unpaired) electrons. The number of nitro groups is 2. The van der Waals surface area contributed by atoms with E-state index in [0.29, 0.717) is 0 Å². The summed E-state index contributed by atoms with van der Waals surface area (Å²) in [6, 6.07) is 1.05. The van der Waals surface area contributed by atoms with Gasteiger partial charge in [-0.2, -0.15) is 9.90 Å². The number of aryl methyl sites for hydroxylation is 1. The lowest BCUT2D eigenvalue weighted by Crippen LogP contribution is -1.96. The van der Waals surface area contributed by atoms with E-state index in [4.69, 9.17) is 11.6 Å². The molecule has 1 aromatic carbocycles. The van der Waals surface area contributed by atoms with Crippen LogP contribution < -0.4 is 0 Å². The Kier molecular flexibility index (Phi) is 2.39. The van der Waals surface area contributed by atoms with Crippen LogP contribution in [0.3, 0.4) is 0 Å². The van der Waals surface area contributed by atoms with Crippen molar-refractivity contribution in [1.29, 1.82) is 0 Å². The van der Waals surface area contributed by atoms with Gasteiger partial charge in [-0.1, -0.05) is 11.6 Å². The van der Waals surface area contributed by atoms with Crippen molar-refractivity contribution in [3.63, 3.8) is 0 Å². The van der Waals surface area contributed by atoms with Crippen molar-refractivity contribution in [2.45, 2.75) is 0 Å².